The molecule has 1 amide bonds. The molecule has 26 heavy (non-hydrogen) atoms. The van der Waals surface area contributed by atoms with Crippen LogP contribution in [0.2, 0.25) is 0 Å². The number of carbonyl (C=O) groups is 1. The Morgan fingerprint density at radius 2 is 1.81 bits per heavy atom. The largest absolute Gasteiger partial charge is 0.493 e. The highest BCUT2D eigenvalue weighted by atomic mass is 16.5. The predicted octanol–water partition coefficient (Wildman–Crippen LogP) is 3.60. The molecule has 0 aliphatic carbocycles. The van der Waals surface area contributed by atoms with Crippen LogP contribution in [0.5, 0.6) is 11.5 Å². The van der Waals surface area contributed by atoms with Crippen molar-refractivity contribution in [3.63, 3.8) is 0 Å². The van der Waals surface area contributed by atoms with Gasteiger partial charge < -0.3 is 14.8 Å². The number of aromatic nitrogens is 1. The summed E-state index contributed by atoms with van der Waals surface area (Å²) in [5.74, 6) is 0.924. The van der Waals surface area contributed by atoms with Crippen LogP contribution in [0.4, 0.5) is 0 Å². The van der Waals surface area contributed by atoms with Crippen LogP contribution in [0, 0.1) is 0 Å². The van der Waals surface area contributed by atoms with E-state index in [0.717, 1.165) is 11.3 Å². The van der Waals surface area contributed by atoms with Gasteiger partial charge in [0.15, 0.2) is 11.5 Å². The molecule has 0 saturated carbocycles. The fourth-order valence-electron chi connectivity index (χ4n) is 2.44. The molecule has 5 nitrogen and oxygen atoms in total. The van der Waals surface area contributed by atoms with E-state index in [4.69, 9.17) is 9.47 Å². The van der Waals surface area contributed by atoms with Gasteiger partial charge in [0, 0.05) is 11.8 Å². The number of pyridine rings is 1. The molecule has 0 spiro atoms. The first-order valence-electron chi connectivity index (χ1n) is 8.29. The highest BCUT2D eigenvalue weighted by Gasteiger charge is 2.11. The normalized spacial score (nSPS) is 10.2. The van der Waals surface area contributed by atoms with Gasteiger partial charge in [-0.3, -0.25) is 9.78 Å². The summed E-state index contributed by atoms with van der Waals surface area (Å²) in [7, 11) is 1.56. The summed E-state index contributed by atoms with van der Waals surface area (Å²) in [4.78, 5) is 16.5. The fourth-order valence-corrected chi connectivity index (χ4v) is 2.44. The molecule has 5 heteroatoms. The van der Waals surface area contributed by atoms with Crippen LogP contribution in [-0.2, 0) is 13.2 Å². The molecule has 0 bridgehead atoms. The first-order valence-corrected chi connectivity index (χ1v) is 8.29. The van der Waals surface area contributed by atoms with E-state index in [0.29, 0.717) is 30.2 Å². The van der Waals surface area contributed by atoms with Gasteiger partial charge in [0.25, 0.3) is 5.91 Å². The van der Waals surface area contributed by atoms with Crippen molar-refractivity contribution < 1.29 is 14.3 Å². The molecular formula is C21H20N2O3. The van der Waals surface area contributed by atoms with Crippen molar-refractivity contribution in [2.24, 2.45) is 0 Å². The monoisotopic (exact) mass is 348 g/mol. The van der Waals surface area contributed by atoms with Crippen LogP contribution in [-0.4, -0.2) is 18.0 Å². The highest BCUT2D eigenvalue weighted by Crippen LogP contribution is 2.28. The molecule has 3 aromatic rings. The summed E-state index contributed by atoms with van der Waals surface area (Å²) >= 11 is 0. The molecule has 132 valence electrons. The zero-order valence-electron chi connectivity index (χ0n) is 14.5. The van der Waals surface area contributed by atoms with E-state index in [9.17, 15) is 4.79 Å². The number of nitrogens with one attached hydrogen (secondary N) is 1. The maximum atomic E-state index is 12.3. The van der Waals surface area contributed by atoms with Gasteiger partial charge in [-0.05, 0) is 35.9 Å². The average molecular weight is 348 g/mol. The Labute approximate surface area is 152 Å². The van der Waals surface area contributed by atoms with Crippen molar-refractivity contribution in [2.75, 3.05) is 7.11 Å². The van der Waals surface area contributed by atoms with Gasteiger partial charge in [-0.25, -0.2) is 0 Å². The average Bonchev–Trinajstić information content (AvgIpc) is 2.72. The van der Waals surface area contributed by atoms with Crippen molar-refractivity contribution >= 4 is 5.91 Å². The van der Waals surface area contributed by atoms with E-state index in [2.05, 4.69) is 10.3 Å². The lowest BCUT2D eigenvalue weighted by atomic mass is 10.2. The number of carbonyl (C=O) groups excluding carboxylic acids is 1. The number of amides is 1. The summed E-state index contributed by atoms with van der Waals surface area (Å²) in [6.45, 7) is 0.802. The summed E-state index contributed by atoms with van der Waals surface area (Å²) in [5.41, 5.74) is 2.37. The molecule has 0 aliphatic rings. The van der Waals surface area contributed by atoms with Gasteiger partial charge in [0.05, 0.1) is 19.3 Å². The highest BCUT2D eigenvalue weighted by molar-refractivity contribution is 5.94. The third-order valence-corrected chi connectivity index (χ3v) is 3.82. The molecular weight excluding hydrogens is 328 g/mol. The molecule has 0 aliphatic heterocycles. The minimum atomic E-state index is -0.191. The zero-order chi connectivity index (χ0) is 18.2. The Balaban J connectivity index is 1.64. The van der Waals surface area contributed by atoms with E-state index >= 15 is 0 Å². The second kappa shape index (κ2) is 8.67. The Hall–Kier alpha value is -3.34. The third-order valence-electron chi connectivity index (χ3n) is 3.82. The van der Waals surface area contributed by atoms with Crippen molar-refractivity contribution in [3.05, 3.63) is 89.7 Å². The van der Waals surface area contributed by atoms with Gasteiger partial charge >= 0.3 is 0 Å². The van der Waals surface area contributed by atoms with Crippen molar-refractivity contribution in [3.8, 4) is 11.5 Å². The van der Waals surface area contributed by atoms with Crippen molar-refractivity contribution in [1.29, 1.82) is 0 Å². The zero-order valence-corrected chi connectivity index (χ0v) is 14.5. The molecule has 1 heterocycles. The van der Waals surface area contributed by atoms with Crippen LogP contribution >= 0.6 is 0 Å². The second-order valence-electron chi connectivity index (χ2n) is 5.64. The lowest BCUT2D eigenvalue weighted by Gasteiger charge is -2.12. The predicted molar refractivity (Wildman–Crippen MR) is 99.2 cm³/mol. The Morgan fingerprint density at radius 3 is 2.54 bits per heavy atom. The quantitative estimate of drug-likeness (QED) is 0.709. The van der Waals surface area contributed by atoms with E-state index in [-0.39, 0.29) is 5.91 Å². The summed E-state index contributed by atoms with van der Waals surface area (Å²) in [6, 6.07) is 20.6. The van der Waals surface area contributed by atoms with Crippen LogP contribution < -0.4 is 14.8 Å². The van der Waals surface area contributed by atoms with E-state index < -0.39 is 0 Å². The number of benzene rings is 2. The van der Waals surface area contributed by atoms with Gasteiger partial charge in [-0.2, -0.15) is 0 Å². The standard InChI is InChI=1S/C21H20N2O3/c1-25-20-13-17(21(24)23-14-18-9-5-6-12-22-18)10-11-19(20)26-15-16-7-3-2-4-8-16/h2-13H,14-15H2,1H3,(H,23,24). The van der Waals surface area contributed by atoms with Crippen LogP contribution in [0.3, 0.4) is 0 Å². The van der Waals surface area contributed by atoms with E-state index in [1.165, 1.54) is 0 Å². The van der Waals surface area contributed by atoms with Gasteiger partial charge in [0.1, 0.15) is 6.61 Å². The van der Waals surface area contributed by atoms with Crippen LogP contribution in [0.25, 0.3) is 0 Å². The van der Waals surface area contributed by atoms with Gasteiger partial charge in [-0.15, -0.1) is 0 Å². The molecule has 0 unspecified atom stereocenters. The third kappa shape index (κ3) is 4.60. The molecule has 1 N–H and O–H groups in total. The smallest absolute Gasteiger partial charge is 0.251 e. The van der Waals surface area contributed by atoms with Crippen LogP contribution in [0.15, 0.2) is 72.9 Å². The van der Waals surface area contributed by atoms with E-state index in [1.807, 2.05) is 48.5 Å². The maximum Gasteiger partial charge on any atom is 0.251 e. The maximum absolute atomic E-state index is 12.3. The number of hydrogen-bond acceptors (Lipinski definition) is 4. The second-order valence-corrected chi connectivity index (χ2v) is 5.64. The molecule has 2 aromatic carbocycles. The number of ether oxygens (including phenoxy) is 2. The lowest BCUT2D eigenvalue weighted by molar-refractivity contribution is 0.0950. The molecule has 0 saturated heterocycles. The number of rotatable bonds is 7. The van der Waals surface area contributed by atoms with Gasteiger partial charge in [-0.1, -0.05) is 36.4 Å². The minimum absolute atomic E-state index is 0.191. The number of hydrogen-bond donors (Lipinski definition) is 1. The SMILES string of the molecule is COc1cc(C(=O)NCc2ccccn2)ccc1OCc1ccccc1. The first-order chi connectivity index (χ1) is 12.8. The van der Waals surface area contributed by atoms with Crippen molar-refractivity contribution in [1.82, 2.24) is 10.3 Å². The minimum Gasteiger partial charge on any atom is -0.493 e. The van der Waals surface area contributed by atoms with E-state index in [1.54, 1.807) is 31.5 Å². The fraction of sp³-hybridized carbons (Fsp3) is 0.143. The van der Waals surface area contributed by atoms with Gasteiger partial charge in [0.2, 0.25) is 0 Å². The Kier molecular flexibility index (Phi) is 5.83. The summed E-state index contributed by atoms with van der Waals surface area (Å²) < 4.78 is 11.2. The topological polar surface area (TPSA) is 60.5 Å². The molecule has 3 rings (SSSR count). The summed E-state index contributed by atoms with van der Waals surface area (Å²) in [6.07, 6.45) is 1.70. The lowest BCUT2D eigenvalue weighted by Crippen LogP contribution is -2.23. The molecule has 0 radical (unpaired) electrons. The molecule has 0 fully saturated rings. The summed E-state index contributed by atoms with van der Waals surface area (Å²) in [5, 5.41) is 2.85. The number of methoxy groups -OCH3 is 1. The van der Waals surface area contributed by atoms with Crippen molar-refractivity contribution in [2.45, 2.75) is 13.2 Å². The molecule has 0 atom stereocenters. The number of nitrogens with zero attached hydrogens (tertiary/aromatic N) is 1. The molecule has 1 aromatic heterocycles. The van der Waals surface area contributed by atoms with Crippen LogP contribution in [0.1, 0.15) is 21.6 Å². The Bertz CT molecular complexity index is 852. The Morgan fingerprint density at radius 1 is 1.00 bits per heavy atom. The first kappa shape index (κ1) is 17.5.